The first-order valence-corrected chi connectivity index (χ1v) is 7.77. The predicted molar refractivity (Wildman–Crippen MR) is 90.9 cm³/mol. The second-order valence-corrected chi connectivity index (χ2v) is 3.70. The van der Waals surface area contributed by atoms with E-state index in [0.29, 0.717) is 0 Å². The van der Waals surface area contributed by atoms with Crippen LogP contribution in [0.5, 0.6) is 0 Å². The third kappa shape index (κ3) is 5.96. The fourth-order valence-corrected chi connectivity index (χ4v) is 2.05. The highest BCUT2D eigenvalue weighted by atomic mass is 14.7. The molecule has 0 radical (unpaired) electrons. The first-order valence-electron chi connectivity index (χ1n) is 7.77. The van der Waals surface area contributed by atoms with Crippen LogP contribution in [-0.4, -0.2) is 4.98 Å². The number of nitrogens with one attached hydrogen (secondary N) is 1. The summed E-state index contributed by atoms with van der Waals surface area (Å²) in [7, 11) is 0. The first-order chi connectivity index (χ1) is 9.28. The average molecular weight is 263 g/mol. The highest BCUT2D eigenvalue weighted by Gasteiger charge is 2.04. The van der Waals surface area contributed by atoms with Gasteiger partial charge in [0.05, 0.1) is 0 Å². The molecule has 19 heavy (non-hydrogen) atoms. The van der Waals surface area contributed by atoms with Gasteiger partial charge >= 0.3 is 0 Å². The van der Waals surface area contributed by atoms with E-state index >= 15 is 0 Å². The Balaban J connectivity index is 0. The van der Waals surface area contributed by atoms with E-state index in [4.69, 9.17) is 0 Å². The van der Waals surface area contributed by atoms with E-state index < -0.39 is 0 Å². The van der Waals surface area contributed by atoms with Gasteiger partial charge in [-0.3, -0.25) is 0 Å². The lowest BCUT2D eigenvalue weighted by Gasteiger charge is -1.98. The van der Waals surface area contributed by atoms with Crippen LogP contribution in [0.3, 0.4) is 0 Å². The van der Waals surface area contributed by atoms with Crippen molar-refractivity contribution < 1.29 is 0 Å². The van der Waals surface area contributed by atoms with Crippen LogP contribution in [0.4, 0.5) is 0 Å². The maximum atomic E-state index is 3.75. The van der Waals surface area contributed by atoms with Crippen molar-refractivity contribution in [3.63, 3.8) is 0 Å². The zero-order chi connectivity index (χ0) is 15.3. The largest absolute Gasteiger partial charge is 0.358 e. The lowest BCUT2D eigenvalue weighted by Crippen LogP contribution is -2.24. The van der Waals surface area contributed by atoms with Crippen LogP contribution in [0, 0.1) is 0 Å². The molecule has 1 nitrogen and oxygen atoms in total. The van der Waals surface area contributed by atoms with E-state index in [-0.39, 0.29) is 0 Å². The standard InChI is InChI=1S/C14H21N.2C2H6/c1-5-9-12-11(7-3)14(10-6-2)15-13(12)8-4;2*1-2/h6-7,10,15H,2,5,8-9H2,1,3-4H3;2*1-2H3/b11-7-,14-10+;;. The molecular formula is C18H33N. The third-order valence-electron chi connectivity index (χ3n) is 2.69. The number of allylic oxidation sites excluding steroid dienone is 1. The van der Waals surface area contributed by atoms with E-state index in [0.717, 1.165) is 12.8 Å². The molecule has 0 spiro atoms. The molecule has 1 heterocycles. The molecule has 0 amide bonds. The number of hydrogen-bond donors (Lipinski definition) is 1. The van der Waals surface area contributed by atoms with Gasteiger partial charge in [0.25, 0.3) is 0 Å². The van der Waals surface area contributed by atoms with Crippen LogP contribution in [0.1, 0.15) is 66.1 Å². The number of aryl methyl sites for hydroxylation is 1. The van der Waals surface area contributed by atoms with Gasteiger partial charge in [0.2, 0.25) is 0 Å². The zero-order valence-corrected chi connectivity index (χ0v) is 14.1. The molecule has 0 aromatic carbocycles. The minimum atomic E-state index is 1.07. The van der Waals surface area contributed by atoms with Crippen molar-refractivity contribution >= 4 is 12.2 Å². The number of H-pyrrole nitrogens is 1. The van der Waals surface area contributed by atoms with Gasteiger partial charge in [0.15, 0.2) is 0 Å². The Hall–Kier alpha value is -1.24. The van der Waals surface area contributed by atoms with Gasteiger partial charge in [-0.1, -0.05) is 66.7 Å². The molecule has 1 heteroatoms. The summed E-state index contributed by atoms with van der Waals surface area (Å²) in [6.07, 6.45) is 9.50. The number of aromatic nitrogens is 1. The fraction of sp³-hybridized carbons (Fsp3) is 0.556. The van der Waals surface area contributed by atoms with Gasteiger partial charge in [-0.15, -0.1) is 0 Å². The van der Waals surface area contributed by atoms with Crippen molar-refractivity contribution in [1.82, 2.24) is 4.98 Å². The van der Waals surface area contributed by atoms with Gasteiger partial charge in [0, 0.05) is 11.0 Å². The maximum Gasteiger partial charge on any atom is 0.0455 e. The first kappa shape index (κ1) is 20.1. The third-order valence-corrected chi connectivity index (χ3v) is 2.69. The van der Waals surface area contributed by atoms with Crippen LogP contribution < -0.4 is 10.6 Å². The molecule has 0 aliphatic rings. The summed E-state index contributed by atoms with van der Waals surface area (Å²) in [5.41, 5.74) is 2.86. The summed E-state index contributed by atoms with van der Waals surface area (Å²) in [5, 5.41) is 2.56. The van der Waals surface area contributed by atoms with Crippen molar-refractivity contribution in [3.05, 3.63) is 34.5 Å². The summed E-state index contributed by atoms with van der Waals surface area (Å²) in [6, 6.07) is 0. The van der Waals surface area contributed by atoms with Crippen LogP contribution >= 0.6 is 0 Å². The van der Waals surface area contributed by atoms with Crippen molar-refractivity contribution in [2.75, 3.05) is 0 Å². The highest BCUT2D eigenvalue weighted by Crippen LogP contribution is 2.03. The van der Waals surface area contributed by atoms with Gasteiger partial charge in [-0.2, -0.15) is 0 Å². The van der Waals surface area contributed by atoms with Crippen molar-refractivity contribution in [1.29, 1.82) is 0 Å². The summed E-state index contributed by atoms with van der Waals surface area (Å²) in [5.74, 6) is 0. The average Bonchev–Trinajstić information content (AvgIpc) is 2.81. The molecule has 0 saturated heterocycles. The zero-order valence-electron chi connectivity index (χ0n) is 14.1. The van der Waals surface area contributed by atoms with Crippen LogP contribution in [0.2, 0.25) is 0 Å². The molecule has 1 N–H and O–H groups in total. The Labute approximate surface area is 120 Å². The van der Waals surface area contributed by atoms with Gasteiger partial charge in [-0.25, -0.2) is 0 Å². The number of rotatable bonds is 4. The summed E-state index contributed by atoms with van der Waals surface area (Å²) in [4.78, 5) is 3.48. The van der Waals surface area contributed by atoms with Gasteiger partial charge < -0.3 is 4.98 Å². The minimum Gasteiger partial charge on any atom is -0.358 e. The van der Waals surface area contributed by atoms with Crippen LogP contribution in [0.15, 0.2) is 12.7 Å². The van der Waals surface area contributed by atoms with Crippen LogP contribution in [0.25, 0.3) is 12.2 Å². The highest BCUT2D eigenvalue weighted by molar-refractivity contribution is 5.40. The van der Waals surface area contributed by atoms with E-state index in [1.807, 2.05) is 39.8 Å². The smallest absolute Gasteiger partial charge is 0.0455 e. The summed E-state index contributed by atoms with van der Waals surface area (Å²) < 4.78 is 0. The molecule has 1 rings (SSSR count). The van der Waals surface area contributed by atoms with E-state index in [9.17, 15) is 0 Å². The Morgan fingerprint density at radius 2 is 1.68 bits per heavy atom. The Kier molecular flexibility index (Phi) is 14.0. The Bertz CT molecular complexity index is 435. The van der Waals surface area contributed by atoms with Crippen molar-refractivity contribution in [2.45, 2.75) is 67.7 Å². The topological polar surface area (TPSA) is 15.8 Å². The lowest BCUT2D eigenvalue weighted by atomic mass is 10.1. The monoisotopic (exact) mass is 263 g/mol. The Morgan fingerprint density at radius 3 is 2.05 bits per heavy atom. The van der Waals surface area contributed by atoms with Crippen molar-refractivity contribution in [2.24, 2.45) is 0 Å². The SMILES string of the molecule is C=C/C=c1/[nH]c(CC)c(CCC)/c1=C/C.CC.CC. The summed E-state index contributed by atoms with van der Waals surface area (Å²) >= 11 is 0. The normalized spacial score (nSPS) is 11.3. The van der Waals surface area contributed by atoms with E-state index in [1.165, 1.54) is 28.2 Å². The molecule has 0 bridgehead atoms. The summed E-state index contributed by atoms with van der Waals surface area (Å²) in [6.45, 7) is 18.3. The predicted octanol–water partition coefficient (Wildman–Crippen LogP) is 4.35. The molecular weight excluding hydrogens is 230 g/mol. The second kappa shape index (κ2) is 13.2. The minimum absolute atomic E-state index is 1.07. The van der Waals surface area contributed by atoms with Crippen molar-refractivity contribution in [3.8, 4) is 0 Å². The molecule has 0 unspecified atom stereocenters. The molecule has 0 saturated carbocycles. The number of hydrogen-bond acceptors (Lipinski definition) is 0. The second-order valence-electron chi connectivity index (χ2n) is 3.70. The molecule has 0 fully saturated rings. The fourth-order valence-electron chi connectivity index (χ4n) is 2.05. The Morgan fingerprint density at radius 1 is 1.11 bits per heavy atom. The molecule has 0 aliphatic carbocycles. The van der Waals surface area contributed by atoms with E-state index in [1.54, 1.807) is 0 Å². The van der Waals surface area contributed by atoms with Crippen LogP contribution in [-0.2, 0) is 12.8 Å². The lowest BCUT2D eigenvalue weighted by molar-refractivity contribution is 0.890. The maximum absolute atomic E-state index is 3.75. The number of aromatic amines is 1. The van der Waals surface area contributed by atoms with Gasteiger partial charge in [0.1, 0.15) is 0 Å². The molecule has 110 valence electrons. The van der Waals surface area contributed by atoms with Gasteiger partial charge in [-0.05, 0) is 36.6 Å². The molecule has 0 atom stereocenters. The molecule has 1 aromatic heterocycles. The quantitative estimate of drug-likeness (QED) is 0.831. The van der Waals surface area contributed by atoms with E-state index in [2.05, 4.69) is 38.4 Å². The molecule has 1 aromatic rings. The molecule has 0 aliphatic heterocycles.